The number of alkyl halides is 3. The van der Waals surface area contributed by atoms with Crippen molar-refractivity contribution in [3.8, 4) is 0 Å². The van der Waals surface area contributed by atoms with Gasteiger partial charge in [-0.3, -0.25) is 19.0 Å². The van der Waals surface area contributed by atoms with Gasteiger partial charge in [-0.15, -0.1) is 0 Å². The number of amides is 2. The maximum absolute atomic E-state index is 12.9. The van der Waals surface area contributed by atoms with Crippen molar-refractivity contribution in [2.24, 2.45) is 14.1 Å². The summed E-state index contributed by atoms with van der Waals surface area (Å²) in [5, 5.41) is 12.2. The van der Waals surface area contributed by atoms with Crippen molar-refractivity contribution >= 4 is 33.4 Å². The van der Waals surface area contributed by atoms with Crippen LogP contribution in [0.25, 0.3) is 0 Å². The number of aryl methyl sites for hydroxylation is 2. The summed E-state index contributed by atoms with van der Waals surface area (Å²) in [6.45, 7) is 0. The first-order valence-electron chi connectivity index (χ1n) is 6.43. The Bertz CT molecular complexity index is 811. The lowest BCUT2D eigenvalue weighted by molar-refractivity contribution is -0.144. The molecule has 2 rings (SSSR count). The molecule has 12 heteroatoms. The van der Waals surface area contributed by atoms with E-state index in [0.29, 0.717) is 4.68 Å². The van der Waals surface area contributed by atoms with Gasteiger partial charge in [-0.2, -0.15) is 23.4 Å². The van der Waals surface area contributed by atoms with Gasteiger partial charge in [0.25, 0.3) is 11.8 Å². The molecular formula is C12H12BrF3N6O2. The number of hydrogen-bond acceptors (Lipinski definition) is 4. The third-order valence-corrected chi connectivity index (χ3v) is 3.74. The Morgan fingerprint density at radius 2 is 1.79 bits per heavy atom. The molecule has 0 aliphatic heterocycles. The molecule has 0 aliphatic carbocycles. The highest BCUT2D eigenvalue weighted by Crippen LogP contribution is 2.36. The number of hydrogen-bond donors (Lipinski definition) is 2. The Balaban J connectivity index is 2.37. The zero-order valence-corrected chi connectivity index (χ0v) is 14.3. The summed E-state index contributed by atoms with van der Waals surface area (Å²) in [5.74, 6) is -1.46. The summed E-state index contributed by atoms with van der Waals surface area (Å²) < 4.78 is 40.2. The summed E-state index contributed by atoms with van der Waals surface area (Å²) in [4.78, 5) is 24.0. The van der Waals surface area contributed by atoms with Gasteiger partial charge in [0.2, 0.25) is 0 Å². The molecule has 130 valence electrons. The number of aromatic nitrogens is 4. The predicted octanol–water partition coefficient (Wildman–Crippen LogP) is 1.55. The Labute approximate surface area is 142 Å². The van der Waals surface area contributed by atoms with E-state index in [0.717, 1.165) is 7.05 Å². The van der Waals surface area contributed by atoms with Crippen molar-refractivity contribution in [2.75, 3.05) is 12.4 Å². The standard InChI is InChI=1S/C12H12BrF3N6O2/c1-17-10(23)7-5(4-21(2)19-7)18-11(24)8-6(13)9(12(14,15)16)22(3)20-8/h4H,1-3H3,(H,17,23)(H,18,24). The van der Waals surface area contributed by atoms with Gasteiger partial charge in [-0.25, -0.2) is 0 Å². The number of rotatable bonds is 3. The van der Waals surface area contributed by atoms with Crippen LogP contribution >= 0.6 is 15.9 Å². The molecular weight excluding hydrogens is 397 g/mol. The molecule has 0 unspecified atom stereocenters. The molecule has 2 aromatic rings. The van der Waals surface area contributed by atoms with E-state index in [9.17, 15) is 22.8 Å². The Hall–Kier alpha value is -2.37. The highest BCUT2D eigenvalue weighted by atomic mass is 79.9. The number of halogens is 4. The first-order valence-corrected chi connectivity index (χ1v) is 7.22. The zero-order valence-electron chi connectivity index (χ0n) is 12.7. The van der Waals surface area contributed by atoms with Crippen LogP contribution in [0, 0.1) is 0 Å². The van der Waals surface area contributed by atoms with Gasteiger partial charge in [0.1, 0.15) is 0 Å². The second-order valence-corrected chi connectivity index (χ2v) is 5.52. The van der Waals surface area contributed by atoms with Gasteiger partial charge in [0, 0.05) is 27.3 Å². The molecule has 0 spiro atoms. The van der Waals surface area contributed by atoms with Gasteiger partial charge >= 0.3 is 6.18 Å². The Morgan fingerprint density at radius 1 is 1.17 bits per heavy atom. The molecule has 2 amide bonds. The first kappa shape index (κ1) is 18.0. The van der Waals surface area contributed by atoms with Gasteiger partial charge in [0.15, 0.2) is 17.1 Å². The van der Waals surface area contributed by atoms with Crippen LogP contribution in [0.15, 0.2) is 10.7 Å². The number of carbonyl (C=O) groups is 2. The fourth-order valence-electron chi connectivity index (χ4n) is 2.00. The van der Waals surface area contributed by atoms with Gasteiger partial charge in [-0.05, 0) is 15.9 Å². The van der Waals surface area contributed by atoms with Crippen LogP contribution in [-0.2, 0) is 20.3 Å². The van der Waals surface area contributed by atoms with E-state index in [4.69, 9.17) is 0 Å². The molecule has 0 fully saturated rings. The third kappa shape index (κ3) is 3.27. The first-order chi connectivity index (χ1) is 11.1. The topological polar surface area (TPSA) is 93.8 Å². The van der Waals surface area contributed by atoms with E-state index in [1.54, 1.807) is 0 Å². The van der Waals surface area contributed by atoms with Crippen LogP contribution < -0.4 is 10.6 Å². The van der Waals surface area contributed by atoms with E-state index in [1.807, 2.05) is 0 Å². The quantitative estimate of drug-likeness (QED) is 0.805. The number of nitrogens with one attached hydrogen (secondary N) is 2. The van der Waals surface area contributed by atoms with Gasteiger partial charge < -0.3 is 10.6 Å². The molecule has 2 heterocycles. The largest absolute Gasteiger partial charge is 0.434 e. The number of nitrogens with zero attached hydrogens (tertiary/aromatic N) is 4. The number of carbonyl (C=O) groups excluding carboxylic acids is 2. The summed E-state index contributed by atoms with van der Waals surface area (Å²) in [6, 6.07) is 0. The monoisotopic (exact) mass is 408 g/mol. The van der Waals surface area contributed by atoms with Crippen LogP contribution in [-0.4, -0.2) is 38.4 Å². The molecule has 8 nitrogen and oxygen atoms in total. The van der Waals surface area contributed by atoms with Gasteiger partial charge in [-0.1, -0.05) is 0 Å². The van der Waals surface area contributed by atoms with Crippen molar-refractivity contribution in [1.29, 1.82) is 0 Å². The van der Waals surface area contributed by atoms with Crippen LogP contribution in [0.2, 0.25) is 0 Å². The fraction of sp³-hybridized carbons (Fsp3) is 0.333. The van der Waals surface area contributed by atoms with E-state index in [1.165, 1.54) is 25.0 Å². The molecule has 0 radical (unpaired) electrons. The maximum atomic E-state index is 12.9. The predicted molar refractivity (Wildman–Crippen MR) is 80.5 cm³/mol. The fourth-order valence-corrected chi connectivity index (χ4v) is 2.74. The maximum Gasteiger partial charge on any atom is 0.434 e. The third-order valence-electron chi connectivity index (χ3n) is 2.99. The minimum atomic E-state index is -4.68. The molecule has 0 bridgehead atoms. The second kappa shape index (κ2) is 6.26. The lowest BCUT2D eigenvalue weighted by atomic mass is 10.3. The lowest BCUT2D eigenvalue weighted by Gasteiger charge is -2.06. The van der Waals surface area contributed by atoms with Crippen LogP contribution in [0.1, 0.15) is 26.7 Å². The van der Waals surface area contributed by atoms with Gasteiger partial charge in [0.05, 0.1) is 10.2 Å². The van der Waals surface area contributed by atoms with Crippen molar-refractivity contribution in [1.82, 2.24) is 24.9 Å². The molecule has 0 aliphatic rings. The van der Waals surface area contributed by atoms with Crippen molar-refractivity contribution < 1.29 is 22.8 Å². The molecule has 0 atom stereocenters. The highest BCUT2D eigenvalue weighted by molar-refractivity contribution is 9.10. The summed E-state index contributed by atoms with van der Waals surface area (Å²) in [5.41, 5.74) is -1.58. The van der Waals surface area contributed by atoms with E-state index < -0.39 is 33.9 Å². The van der Waals surface area contributed by atoms with Crippen molar-refractivity contribution in [2.45, 2.75) is 6.18 Å². The Kier molecular flexibility index (Phi) is 4.69. The SMILES string of the molecule is CNC(=O)c1nn(C)cc1NC(=O)c1nn(C)c(C(F)(F)F)c1Br. The minimum Gasteiger partial charge on any atom is -0.354 e. The van der Waals surface area contributed by atoms with E-state index in [2.05, 4.69) is 36.8 Å². The highest BCUT2D eigenvalue weighted by Gasteiger charge is 2.39. The van der Waals surface area contributed by atoms with Crippen LogP contribution in [0.5, 0.6) is 0 Å². The van der Waals surface area contributed by atoms with E-state index >= 15 is 0 Å². The minimum absolute atomic E-state index is 0.0490. The smallest absolute Gasteiger partial charge is 0.354 e. The summed E-state index contributed by atoms with van der Waals surface area (Å²) in [6.07, 6.45) is -3.33. The molecule has 0 aromatic carbocycles. The average Bonchev–Trinajstić information content (AvgIpc) is 2.97. The molecule has 0 saturated carbocycles. The molecule has 24 heavy (non-hydrogen) atoms. The second-order valence-electron chi connectivity index (χ2n) is 4.73. The molecule has 0 saturated heterocycles. The lowest BCUT2D eigenvalue weighted by Crippen LogP contribution is -2.21. The van der Waals surface area contributed by atoms with E-state index in [-0.39, 0.29) is 11.4 Å². The molecule has 2 aromatic heterocycles. The number of anilines is 1. The average molecular weight is 409 g/mol. The van der Waals surface area contributed by atoms with Crippen LogP contribution in [0.4, 0.5) is 18.9 Å². The normalized spacial score (nSPS) is 11.5. The summed E-state index contributed by atoms with van der Waals surface area (Å²) in [7, 11) is 3.98. The zero-order chi connectivity index (χ0) is 18.2. The Morgan fingerprint density at radius 3 is 2.29 bits per heavy atom. The van der Waals surface area contributed by atoms with Crippen LogP contribution in [0.3, 0.4) is 0 Å². The van der Waals surface area contributed by atoms with Crippen molar-refractivity contribution in [3.05, 3.63) is 27.8 Å². The van der Waals surface area contributed by atoms with Crippen molar-refractivity contribution in [3.63, 3.8) is 0 Å². The summed E-state index contributed by atoms with van der Waals surface area (Å²) >= 11 is 2.75. The molecule has 2 N–H and O–H groups in total.